The predicted octanol–water partition coefficient (Wildman–Crippen LogP) is 2.52. The molecule has 0 radical (unpaired) electrons. The van der Waals surface area contributed by atoms with Crippen LogP contribution in [0.4, 0.5) is 5.82 Å². The first-order valence-corrected chi connectivity index (χ1v) is 6.26. The summed E-state index contributed by atoms with van der Waals surface area (Å²) in [5.74, 6) is 0.261. The third-order valence-electron chi connectivity index (χ3n) is 2.64. The van der Waals surface area contributed by atoms with E-state index >= 15 is 0 Å². The van der Waals surface area contributed by atoms with Crippen LogP contribution in [0.15, 0.2) is 0 Å². The molecule has 0 aliphatic rings. The Hall–Kier alpha value is -1.52. The van der Waals surface area contributed by atoms with E-state index in [4.69, 9.17) is 10.5 Å². The van der Waals surface area contributed by atoms with Gasteiger partial charge in [0.25, 0.3) is 0 Å². The van der Waals surface area contributed by atoms with Gasteiger partial charge in [-0.1, -0.05) is 13.8 Å². The molecule has 0 aliphatic carbocycles. The van der Waals surface area contributed by atoms with E-state index in [0.717, 1.165) is 5.56 Å². The Kier molecular flexibility index (Phi) is 4.04. The van der Waals surface area contributed by atoms with Gasteiger partial charge in [-0.25, -0.2) is 9.48 Å². The third-order valence-corrected chi connectivity index (χ3v) is 2.64. The smallest absolute Gasteiger partial charge is 0.359 e. The summed E-state index contributed by atoms with van der Waals surface area (Å²) in [7, 11) is 0. The standard InChI is InChI=1S/C13H23N3O2/c1-7-18-12(17)10-9(8(2)3)11(14)16(15-10)13(4,5)6/h8H,7,14H2,1-6H3. The summed E-state index contributed by atoms with van der Waals surface area (Å²) in [4.78, 5) is 11.9. The number of carbonyl (C=O) groups is 1. The lowest BCUT2D eigenvalue weighted by Gasteiger charge is -2.21. The highest BCUT2D eigenvalue weighted by molar-refractivity contribution is 5.90. The van der Waals surface area contributed by atoms with E-state index in [2.05, 4.69) is 5.10 Å². The first-order chi connectivity index (χ1) is 8.20. The summed E-state index contributed by atoms with van der Waals surface area (Å²) in [6, 6.07) is 0. The molecule has 0 unspecified atom stereocenters. The normalized spacial score (nSPS) is 11.9. The number of aromatic nitrogens is 2. The van der Waals surface area contributed by atoms with Crippen molar-refractivity contribution < 1.29 is 9.53 Å². The van der Waals surface area contributed by atoms with Crippen LogP contribution in [0.3, 0.4) is 0 Å². The second kappa shape index (κ2) is 5.00. The molecule has 2 N–H and O–H groups in total. The molecule has 0 bridgehead atoms. The molecule has 18 heavy (non-hydrogen) atoms. The first-order valence-electron chi connectivity index (χ1n) is 6.26. The summed E-state index contributed by atoms with van der Waals surface area (Å²) in [6.45, 7) is 12.1. The largest absolute Gasteiger partial charge is 0.461 e. The van der Waals surface area contributed by atoms with Crippen molar-refractivity contribution in [3.8, 4) is 0 Å². The summed E-state index contributed by atoms with van der Waals surface area (Å²) >= 11 is 0. The zero-order valence-electron chi connectivity index (χ0n) is 12.1. The molecular weight excluding hydrogens is 230 g/mol. The lowest BCUT2D eigenvalue weighted by Crippen LogP contribution is -2.25. The number of anilines is 1. The Balaban J connectivity index is 3.38. The van der Waals surface area contributed by atoms with E-state index in [1.807, 2.05) is 34.6 Å². The molecule has 102 valence electrons. The Morgan fingerprint density at radius 3 is 2.39 bits per heavy atom. The SMILES string of the molecule is CCOC(=O)c1nn(C(C)(C)C)c(N)c1C(C)C. The molecule has 0 atom stereocenters. The van der Waals surface area contributed by atoms with Crippen LogP contribution in [0.25, 0.3) is 0 Å². The second-order valence-electron chi connectivity index (χ2n) is 5.61. The maximum absolute atomic E-state index is 11.9. The number of nitrogens with two attached hydrogens (primary N) is 1. The van der Waals surface area contributed by atoms with Crippen molar-refractivity contribution in [3.63, 3.8) is 0 Å². The van der Waals surface area contributed by atoms with Gasteiger partial charge in [0.1, 0.15) is 5.82 Å². The summed E-state index contributed by atoms with van der Waals surface area (Å²) in [6.07, 6.45) is 0. The molecule has 0 amide bonds. The van der Waals surface area contributed by atoms with Gasteiger partial charge in [0.05, 0.1) is 12.1 Å². The Morgan fingerprint density at radius 1 is 1.44 bits per heavy atom. The number of nitrogens with zero attached hydrogens (tertiary/aromatic N) is 2. The Labute approximate surface area is 108 Å². The zero-order valence-corrected chi connectivity index (χ0v) is 12.1. The molecule has 1 aromatic heterocycles. The average Bonchev–Trinajstić information content (AvgIpc) is 2.55. The third kappa shape index (κ3) is 2.66. The topological polar surface area (TPSA) is 70.1 Å². The fourth-order valence-electron chi connectivity index (χ4n) is 1.87. The number of carbonyl (C=O) groups excluding carboxylic acids is 1. The monoisotopic (exact) mass is 253 g/mol. The number of hydrogen-bond acceptors (Lipinski definition) is 4. The second-order valence-corrected chi connectivity index (χ2v) is 5.61. The molecule has 5 heteroatoms. The van der Waals surface area contributed by atoms with Crippen LogP contribution in [0.1, 0.15) is 63.5 Å². The highest BCUT2D eigenvalue weighted by atomic mass is 16.5. The molecule has 0 spiro atoms. The highest BCUT2D eigenvalue weighted by Crippen LogP contribution is 2.30. The first kappa shape index (κ1) is 14.5. The molecule has 1 aromatic rings. The van der Waals surface area contributed by atoms with Crippen molar-refractivity contribution in [1.29, 1.82) is 0 Å². The van der Waals surface area contributed by atoms with Crippen molar-refractivity contribution in [3.05, 3.63) is 11.3 Å². The van der Waals surface area contributed by atoms with Gasteiger partial charge in [0.15, 0.2) is 5.69 Å². The van der Waals surface area contributed by atoms with E-state index in [1.165, 1.54) is 0 Å². The maximum atomic E-state index is 11.9. The van der Waals surface area contributed by atoms with Gasteiger partial charge in [0, 0.05) is 5.56 Å². The van der Waals surface area contributed by atoms with E-state index in [0.29, 0.717) is 18.1 Å². The molecular formula is C13H23N3O2. The van der Waals surface area contributed by atoms with E-state index < -0.39 is 5.97 Å². The molecule has 5 nitrogen and oxygen atoms in total. The fourth-order valence-corrected chi connectivity index (χ4v) is 1.87. The van der Waals surface area contributed by atoms with E-state index in [-0.39, 0.29) is 11.5 Å². The van der Waals surface area contributed by atoms with Gasteiger partial charge in [0.2, 0.25) is 0 Å². The van der Waals surface area contributed by atoms with Crippen LogP contribution >= 0.6 is 0 Å². The van der Waals surface area contributed by atoms with Gasteiger partial charge in [-0.15, -0.1) is 0 Å². The summed E-state index contributed by atoms with van der Waals surface area (Å²) in [5, 5.41) is 4.34. The van der Waals surface area contributed by atoms with Gasteiger partial charge in [-0.2, -0.15) is 5.10 Å². The van der Waals surface area contributed by atoms with E-state index in [1.54, 1.807) is 11.6 Å². The number of hydrogen-bond donors (Lipinski definition) is 1. The highest BCUT2D eigenvalue weighted by Gasteiger charge is 2.28. The van der Waals surface area contributed by atoms with Crippen LogP contribution in [-0.4, -0.2) is 22.4 Å². The van der Waals surface area contributed by atoms with Crippen LogP contribution < -0.4 is 5.73 Å². The van der Waals surface area contributed by atoms with Crippen molar-refractivity contribution in [1.82, 2.24) is 9.78 Å². The molecule has 0 saturated heterocycles. The van der Waals surface area contributed by atoms with Crippen LogP contribution in [0.5, 0.6) is 0 Å². The lowest BCUT2D eigenvalue weighted by molar-refractivity contribution is 0.0516. The van der Waals surface area contributed by atoms with Crippen LogP contribution in [0, 0.1) is 0 Å². The van der Waals surface area contributed by atoms with Gasteiger partial charge in [-0.05, 0) is 33.6 Å². The Bertz CT molecular complexity index is 442. The van der Waals surface area contributed by atoms with Crippen LogP contribution in [-0.2, 0) is 10.3 Å². The molecule has 0 aliphatic heterocycles. The molecule has 0 saturated carbocycles. The fraction of sp³-hybridized carbons (Fsp3) is 0.692. The maximum Gasteiger partial charge on any atom is 0.359 e. The van der Waals surface area contributed by atoms with Gasteiger partial charge >= 0.3 is 5.97 Å². The quantitative estimate of drug-likeness (QED) is 0.840. The molecule has 0 fully saturated rings. The molecule has 1 heterocycles. The Morgan fingerprint density at radius 2 is 2.00 bits per heavy atom. The summed E-state index contributed by atoms with van der Waals surface area (Å²) < 4.78 is 6.72. The number of esters is 1. The van der Waals surface area contributed by atoms with E-state index in [9.17, 15) is 4.79 Å². The number of nitrogen functional groups attached to an aromatic ring is 1. The molecule has 0 aromatic carbocycles. The minimum atomic E-state index is -0.407. The minimum absolute atomic E-state index is 0.125. The number of ether oxygens (including phenoxy) is 1. The summed E-state index contributed by atoms with van der Waals surface area (Å²) in [5.41, 5.74) is 6.95. The average molecular weight is 253 g/mol. The zero-order chi connectivity index (χ0) is 14.1. The van der Waals surface area contributed by atoms with Crippen LogP contribution in [0.2, 0.25) is 0 Å². The van der Waals surface area contributed by atoms with Crippen molar-refractivity contribution in [2.75, 3.05) is 12.3 Å². The predicted molar refractivity (Wildman–Crippen MR) is 71.7 cm³/mol. The lowest BCUT2D eigenvalue weighted by atomic mass is 10.0. The van der Waals surface area contributed by atoms with Crippen molar-refractivity contribution in [2.45, 2.75) is 53.0 Å². The van der Waals surface area contributed by atoms with Gasteiger partial charge in [-0.3, -0.25) is 0 Å². The van der Waals surface area contributed by atoms with Gasteiger partial charge < -0.3 is 10.5 Å². The molecule has 1 rings (SSSR count). The van der Waals surface area contributed by atoms with Crippen molar-refractivity contribution >= 4 is 11.8 Å². The minimum Gasteiger partial charge on any atom is -0.461 e. The van der Waals surface area contributed by atoms with Crippen molar-refractivity contribution in [2.24, 2.45) is 0 Å². The number of rotatable bonds is 3.